The van der Waals surface area contributed by atoms with E-state index in [1.54, 1.807) is 0 Å². The van der Waals surface area contributed by atoms with Crippen LogP contribution in [0.25, 0.3) is 0 Å². The van der Waals surface area contributed by atoms with Crippen LogP contribution >= 0.6 is 0 Å². The molecule has 1 unspecified atom stereocenters. The van der Waals surface area contributed by atoms with Crippen molar-refractivity contribution >= 4 is 5.91 Å². The molecule has 0 saturated heterocycles. The van der Waals surface area contributed by atoms with Gasteiger partial charge in [-0.2, -0.15) is 0 Å². The van der Waals surface area contributed by atoms with Crippen molar-refractivity contribution in [3.63, 3.8) is 0 Å². The van der Waals surface area contributed by atoms with Crippen LogP contribution in [0.4, 0.5) is 0 Å². The fourth-order valence-corrected chi connectivity index (χ4v) is 2.08. The summed E-state index contributed by atoms with van der Waals surface area (Å²) in [7, 11) is 0. The molecule has 1 atom stereocenters. The van der Waals surface area contributed by atoms with Gasteiger partial charge in [0.05, 0.1) is 5.56 Å². The first kappa shape index (κ1) is 14.8. The van der Waals surface area contributed by atoms with Gasteiger partial charge in [-0.15, -0.1) is 0 Å². The quantitative estimate of drug-likeness (QED) is 0.865. The molecule has 0 aliphatic rings. The van der Waals surface area contributed by atoms with Gasteiger partial charge in [0.15, 0.2) is 0 Å². The minimum atomic E-state index is -0.0156. The maximum atomic E-state index is 12.2. The number of amides is 1. The van der Waals surface area contributed by atoms with Gasteiger partial charge in [-0.05, 0) is 46.5 Å². The zero-order chi connectivity index (χ0) is 13.9. The van der Waals surface area contributed by atoms with E-state index in [0.29, 0.717) is 17.2 Å². The second-order valence-corrected chi connectivity index (χ2v) is 5.56. The van der Waals surface area contributed by atoms with E-state index in [4.69, 9.17) is 4.42 Å². The van der Waals surface area contributed by atoms with E-state index in [0.717, 1.165) is 24.2 Å². The molecule has 3 heteroatoms. The number of carbonyl (C=O) groups is 1. The normalized spacial score (nSPS) is 12.8. The third-order valence-electron chi connectivity index (χ3n) is 3.34. The van der Waals surface area contributed by atoms with Crippen LogP contribution in [0.3, 0.4) is 0 Å². The molecule has 0 fully saturated rings. The van der Waals surface area contributed by atoms with E-state index in [9.17, 15) is 4.79 Å². The monoisotopic (exact) mass is 251 g/mol. The van der Waals surface area contributed by atoms with Gasteiger partial charge in [0.25, 0.3) is 5.91 Å². The Morgan fingerprint density at radius 2 is 1.72 bits per heavy atom. The van der Waals surface area contributed by atoms with E-state index in [2.05, 4.69) is 26.1 Å². The van der Waals surface area contributed by atoms with Crippen molar-refractivity contribution in [3.8, 4) is 0 Å². The van der Waals surface area contributed by atoms with Gasteiger partial charge < -0.3 is 9.73 Å². The molecule has 0 bridgehead atoms. The minimum Gasteiger partial charge on any atom is -0.466 e. The Morgan fingerprint density at radius 1 is 1.11 bits per heavy atom. The maximum Gasteiger partial charge on any atom is 0.255 e. The van der Waals surface area contributed by atoms with Crippen molar-refractivity contribution in [3.05, 3.63) is 22.6 Å². The molecule has 3 nitrogen and oxygen atoms in total. The van der Waals surface area contributed by atoms with Gasteiger partial charge in [-0.25, -0.2) is 0 Å². The third-order valence-corrected chi connectivity index (χ3v) is 3.34. The van der Waals surface area contributed by atoms with Gasteiger partial charge >= 0.3 is 0 Å². The van der Waals surface area contributed by atoms with Crippen LogP contribution in [0.2, 0.25) is 0 Å². The number of hydrogen-bond acceptors (Lipinski definition) is 2. The van der Waals surface area contributed by atoms with Gasteiger partial charge in [-0.3, -0.25) is 4.79 Å². The van der Waals surface area contributed by atoms with E-state index in [-0.39, 0.29) is 11.9 Å². The first-order valence-corrected chi connectivity index (χ1v) is 6.70. The molecule has 0 aliphatic heterocycles. The molecule has 1 aromatic heterocycles. The van der Waals surface area contributed by atoms with E-state index < -0.39 is 0 Å². The highest BCUT2D eigenvalue weighted by Gasteiger charge is 2.19. The SMILES string of the molecule is Cc1oc(C)c(C(=O)NC(C)CCC(C)C)c1C. The Bertz CT molecular complexity index is 418. The van der Waals surface area contributed by atoms with E-state index >= 15 is 0 Å². The molecule has 1 rings (SSSR count). The predicted molar refractivity (Wildman–Crippen MR) is 73.9 cm³/mol. The van der Waals surface area contributed by atoms with Crippen LogP contribution in [-0.4, -0.2) is 11.9 Å². The number of rotatable bonds is 5. The molecule has 0 aliphatic carbocycles. The van der Waals surface area contributed by atoms with Crippen molar-refractivity contribution in [2.24, 2.45) is 5.92 Å². The molecule has 102 valence electrons. The Balaban J connectivity index is 2.65. The van der Waals surface area contributed by atoms with Crippen molar-refractivity contribution in [1.82, 2.24) is 5.32 Å². The lowest BCUT2D eigenvalue weighted by atomic mass is 10.0. The zero-order valence-corrected chi connectivity index (χ0v) is 12.4. The van der Waals surface area contributed by atoms with Crippen LogP contribution in [0.5, 0.6) is 0 Å². The summed E-state index contributed by atoms with van der Waals surface area (Å²) in [5, 5.41) is 3.05. The molecule has 0 spiro atoms. The Morgan fingerprint density at radius 3 is 2.17 bits per heavy atom. The summed E-state index contributed by atoms with van der Waals surface area (Å²) in [6.07, 6.45) is 2.14. The highest BCUT2D eigenvalue weighted by Crippen LogP contribution is 2.20. The summed E-state index contributed by atoms with van der Waals surface area (Å²) in [6, 6.07) is 0.203. The van der Waals surface area contributed by atoms with Crippen LogP contribution < -0.4 is 5.32 Å². The molecule has 0 aromatic carbocycles. The molecule has 18 heavy (non-hydrogen) atoms. The van der Waals surface area contributed by atoms with E-state index in [1.807, 2.05) is 20.8 Å². The van der Waals surface area contributed by atoms with Gasteiger partial charge in [0.1, 0.15) is 11.5 Å². The predicted octanol–water partition coefficient (Wildman–Crippen LogP) is 3.76. The highest BCUT2D eigenvalue weighted by atomic mass is 16.3. The summed E-state index contributed by atoms with van der Waals surface area (Å²) in [4.78, 5) is 12.2. The first-order chi connectivity index (χ1) is 8.32. The summed E-state index contributed by atoms with van der Waals surface area (Å²) in [5.41, 5.74) is 1.64. The van der Waals surface area contributed by atoms with Gasteiger partial charge in [-0.1, -0.05) is 13.8 Å². The fourth-order valence-electron chi connectivity index (χ4n) is 2.08. The average Bonchev–Trinajstić information content (AvgIpc) is 2.50. The maximum absolute atomic E-state index is 12.2. The lowest BCUT2D eigenvalue weighted by Gasteiger charge is -2.15. The van der Waals surface area contributed by atoms with E-state index in [1.165, 1.54) is 0 Å². The summed E-state index contributed by atoms with van der Waals surface area (Å²) >= 11 is 0. The standard InChI is InChI=1S/C15H25NO2/c1-9(2)7-8-10(3)16-15(17)14-11(4)12(5)18-13(14)6/h9-10H,7-8H2,1-6H3,(H,16,17). The van der Waals surface area contributed by atoms with Gasteiger partial charge in [0.2, 0.25) is 0 Å². The van der Waals surface area contributed by atoms with Crippen LogP contribution in [0.1, 0.15) is 61.1 Å². The molecular weight excluding hydrogens is 226 g/mol. The largest absolute Gasteiger partial charge is 0.466 e. The third kappa shape index (κ3) is 3.62. The topological polar surface area (TPSA) is 42.2 Å². The number of aryl methyl sites for hydroxylation is 2. The lowest BCUT2D eigenvalue weighted by Crippen LogP contribution is -2.33. The summed E-state index contributed by atoms with van der Waals surface area (Å²) < 4.78 is 5.49. The average molecular weight is 251 g/mol. The van der Waals surface area contributed by atoms with Crippen molar-refractivity contribution in [1.29, 1.82) is 0 Å². The second kappa shape index (κ2) is 6.07. The molecule has 1 heterocycles. The molecule has 0 saturated carbocycles. The van der Waals surface area contributed by atoms with Crippen molar-refractivity contribution < 1.29 is 9.21 Å². The molecule has 1 aromatic rings. The summed E-state index contributed by atoms with van der Waals surface area (Å²) in [5.74, 6) is 2.19. The number of nitrogens with one attached hydrogen (secondary N) is 1. The summed E-state index contributed by atoms with van der Waals surface area (Å²) in [6.45, 7) is 12.1. The van der Waals surface area contributed by atoms with Crippen molar-refractivity contribution in [2.75, 3.05) is 0 Å². The number of furan rings is 1. The zero-order valence-electron chi connectivity index (χ0n) is 12.4. The minimum absolute atomic E-state index is 0.0156. The number of hydrogen-bond donors (Lipinski definition) is 1. The van der Waals surface area contributed by atoms with Crippen molar-refractivity contribution in [2.45, 2.75) is 60.4 Å². The Hall–Kier alpha value is -1.25. The van der Waals surface area contributed by atoms with Crippen LogP contribution in [0.15, 0.2) is 4.42 Å². The Kier molecular flexibility index (Phi) is 5.00. The Labute approximate surface area is 110 Å². The second-order valence-electron chi connectivity index (χ2n) is 5.56. The number of carbonyl (C=O) groups excluding carboxylic acids is 1. The fraction of sp³-hybridized carbons (Fsp3) is 0.667. The smallest absolute Gasteiger partial charge is 0.255 e. The highest BCUT2D eigenvalue weighted by molar-refractivity contribution is 5.97. The molecule has 0 radical (unpaired) electrons. The first-order valence-electron chi connectivity index (χ1n) is 6.70. The molecule has 1 amide bonds. The lowest BCUT2D eigenvalue weighted by molar-refractivity contribution is 0.0935. The molecule has 1 N–H and O–H groups in total. The van der Waals surface area contributed by atoms with Crippen LogP contribution in [-0.2, 0) is 0 Å². The molecular formula is C15H25NO2. The van der Waals surface area contributed by atoms with Crippen LogP contribution in [0, 0.1) is 26.7 Å². The van der Waals surface area contributed by atoms with Gasteiger partial charge in [0, 0.05) is 11.6 Å².